The van der Waals surface area contributed by atoms with Crippen LogP contribution in [0.25, 0.3) is 5.52 Å². The molecule has 2 rings (SSSR count). The van der Waals surface area contributed by atoms with Crippen LogP contribution in [0.5, 0.6) is 0 Å². The highest BCUT2D eigenvalue weighted by molar-refractivity contribution is 5.52. The minimum Gasteiger partial charge on any atom is -0.316 e. The molecule has 13 heavy (non-hydrogen) atoms. The molecule has 0 saturated carbocycles. The summed E-state index contributed by atoms with van der Waals surface area (Å²) in [5.74, 6) is -0.148. The van der Waals surface area contributed by atoms with Crippen molar-refractivity contribution in [3.8, 4) is 0 Å². The Morgan fingerprint density at radius 3 is 2.69 bits per heavy atom. The fourth-order valence-corrected chi connectivity index (χ4v) is 1.71. The topological polar surface area (TPSA) is 4.41 Å². The molecular weight excluding hydrogens is 165 g/mol. The Morgan fingerprint density at radius 2 is 2.00 bits per heavy atom. The Labute approximate surface area is 76.8 Å². The van der Waals surface area contributed by atoms with Crippen LogP contribution >= 0.6 is 0 Å². The zero-order chi connectivity index (χ0) is 9.42. The fourth-order valence-electron chi connectivity index (χ4n) is 1.71. The molecule has 1 nitrogen and oxygen atoms in total. The van der Waals surface area contributed by atoms with E-state index >= 15 is 0 Å². The molecule has 2 heteroatoms. The van der Waals surface area contributed by atoms with Crippen LogP contribution in [0.15, 0.2) is 24.3 Å². The largest absolute Gasteiger partial charge is 0.316 e. The average molecular weight is 177 g/mol. The third-order valence-electron chi connectivity index (χ3n) is 2.39. The Bertz CT molecular complexity index is 443. The van der Waals surface area contributed by atoms with Crippen LogP contribution in [0.1, 0.15) is 18.3 Å². The molecule has 0 aliphatic rings. The SMILES string of the molecule is CCc1ccc2c(F)ccc(C)n12. The van der Waals surface area contributed by atoms with Crippen LogP contribution in [0.3, 0.4) is 0 Å². The summed E-state index contributed by atoms with van der Waals surface area (Å²) < 4.78 is 15.3. The zero-order valence-corrected chi connectivity index (χ0v) is 7.84. The van der Waals surface area contributed by atoms with E-state index < -0.39 is 0 Å². The molecule has 0 bridgehead atoms. The van der Waals surface area contributed by atoms with Gasteiger partial charge in [0, 0.05) is 11.4 Å². The molecule has 0 spiro atoms. The van der Waals surface area contributed by atoms with Crippen molar-refractivity contribution in [1.82, 2.24) is 4.40 Å². The van der Waals surface area contributed by atoms with Crippen LogP contribution in [0.2, 0.25) is 0 Å². The molecule has 2 aromatic rings. The maximum absolute atomic E-state index is 13.3. The van der Waals surface area contributed by atoms with Crippen LogP contribution in [-0.4, -0.2) is 4.40 Å². The van der Waals surface area contributed by atoms with Gasteiger partial charge in [0.25, 0.3) is 0 Å². The Balaban J connectivity index is 2.87. The van der Waals surface area contributed by atoms with Gasteiger partial charge in [0.2, 0.25) is 0 Å². The molecule has 0 aliphatic heterocycles. The monoisotopic (exact) mass is 177 g/mol. The highest BCUT2D eigenvalue weighted by atomic mass is 19.1. The summed E-state index contributed by atoms with van der Waals surface area (Å²) in [7, 11) is 0. The summed E-state index contributed by atoms with van der Waals surface area (Å²) in [6.45, 7) is 4.07. The molecule has 0 N–H and O–H groups in total. The molecule has 2 aromatic heterocycles. The van der Waals surface area contributed by atoms with Gasteiger partial charge >= 0.3 is 0 Å². The Hall–Kier alpha value is -1.31. The van der Waals surface area contributed by atoms with Gasteiger partial charge < -0.3 is 4.40 Å². The first-order chi connectivity index (χ1) is 6.24. The lowest BCUT2D eigenvalue weighted by atomic mass is 10.3. The standard InChI is InChI=1S/C11H12FN/c1-3-9-5-7-11-10(12)6-4-8(2)13(9)11/h4-7H,3H2,1-2H3. The molecule has 0 fully saturated rings. The lowest BCUT2D eigenvalue weighted by Gasteiger charge is -2.04. The first-order valence-electron chi connectivity index (χ1n) is 4.49. The summed E-state index contributed by atoms with van der Waals surface area (Å²) in [4.78, 5) is 0. The summed E-state index contributed by atoms with van der Waals surface area (Å²) in [6.07, 6.45) is 0.929. The number of fused-ring (bicyclic) bond motifs is 1. The molecule has 0 aromatic carbocycles. The maximum Gasteiger partial charge on any atom is 0.147 e. The molecule has 0 amide bonds. The Morgan fingerprint density at radius 1 is 1.23 bits per heavy atom. The highest BCUT2D eigenvalue weighted by Gasteiger charge is 2.05. The van der Waals surface area contributed by atoms with Crippen LogP contribution in [-0.2, 0) is 6.42 Å². The number of halogens is 1. The van der Waals surface area contributed by atoms with Gasteiger partial charge in [0.05, 0.1) is 5.52 Å². The average Bonchev–Trinajstić information content (AvgIpc) is 2.56. The summed E-state index contributed by atoms with van der Waals surface area (Å²) >= 11 is 0. The number of nitrogens with zero attached hydrogens (tertiary/aromatic N) is 1. The first kappa shape index (κ1) is 8.30. The minimum atomic E-state index is -0.148. The van der Waals surface area contributed by atoms with Gasteiger partial charge in [-0.15, -0.1) is 0 Å². The van der Waals surface area contributed by atoms with Gasteiger partial charge in [-0.1, -0.05) is 6.92 Å². The third kappa shape index (κ3) is 1.13. The number of aryl methyl sites for hydroxylation is 2. The number of hydrogen-bond acceptors (Lipinski definition) is 0. The van der Waals surface area contributed by atoms with Crippen molar-refractivity contribution in [3.05, 3.63) is 41.5 Å². The van der Waals surface area contributed by atoms with Crippen molar-refractivity contribution < 1.29 is 4.39 Å². The van der Waals surface area contributed by atoms with Gasteiger partial charge in [0.1, 0.15) is 5.82 Å². The minimum absolute atomic E-state index is 0.148. The number of rotatable bonds is 1. The predicted octanol–water partition coefficient (Wildman–Crippen LogP) is 2.95. The highest BCUT2D eigenvalue weighted by Crippen LogP contribution is 2.16. The van der Waals surface area contributed by atoms with Gasteiger partial charge in [-0.2, -0.15) is 0 Å². The molecular formula is C11H12FN. The third-order valence-corrected chi connectivity index (χ3v) is 2.39. The summed E-state index contributed by atoms with van der Waals surface area (Å²) in [6, 6.07) is 7.14. The van der Waals surface area contributed by atoms with E-state index in [1.54, 1.807) is 0 Å². The molecule has 0 aliphatic carbocycles. The van der Waals surface area contributed by atoms with Crippen molar-refractivity contribution in [2.24, 2.45) is 0 Å². The van der Waals surface area contributed by atoms with E-state index in [4.69, 9.17) is 0 Å². The second kappa shape index (κ2) is 2.87. The van der Waals surface area contributed by atoms with E-state index in [0.717, 1.165) is 17.8 Å². The molecule has 0 saturated heterocycles. The predicted molar refractivity (Wildman–Crippen MR) is 51.5 cm³/mol. The second-order valence-electron chi connectivity index (χ2n) is 3.22. The quantitative estimate of drug-likeness (QED) is 0.630. The first-order valence-corrected chi connectivity index (χ1v) is 4.49. The molecule has 0 atom stereocenters. The summed E-state index contributed by atoms with van der Waals surface area (Å²) in [5, 5.41) is 0. The van der Waals surface area contributed by atoms with E-state index in [1.165, 1.54) is 6.07 Å². The number of pyridine rings is 1. The van der Waals surface area contributed by atoms with Gasteiger partial charge in [0.15, 0.2) is 0 Å². The van der Waals surface area contributed by atoms with E-state index in [9.17, 15) is 4.39 Å². The van der Waals surface area contributed by atoms with Gasteiger partial charge in [-0.05, 0) is 37.6 Å². The smallest absolute Gasteiger partial charge is 0.147 e. The maximum atomic E-state index is 13.3. The van der Waals surface area contributed by atoms with Crippen molar-refractivity contribution in [2.45, 2.75) is 20.3 Å². The normalized spacial score (nSPS) is 11.0. The lowest BCUT2D eigenvalue weighted by Crippen LogP contribution is -1.96. The number of aromatic nitrogens is 1. The van der Waals surface area contributed by atoms with Gasteiger partial charge in [-0.3, -0.25) is 0 Å². The van der Waals surface area contributed by atoms with Crippen molar-refractivity contribution in [3.63, 3.8) is 0 Å². The van der Waals surface area contributed by atoms with Crippen LogP contribution in [0.4, 0.5) is 4.39 Å². The van der Waals surface area contributed by atoms with Crippen molar-refractivity contribution in [2.75, 3.05) is 0 Å². The fraction of sp³-hybridized carbons (Fsp3) is 0.273. The summed E-state index contributed by atoms with van der Waals surface area (Å²) in [5.41, 5.74) is 2.92. The van der Waals surface area contributed by atoms with E-state index in [2.05, 4.69) is 6.92 Å². The molecule has 0 radical (unpaired) electrons. The Kier molecular flexibility index (Phi) is 1.83. The lowest BCUT2D eigenvalue weighted by molar-refractivity contribution is 0.631. The van der Waals surface area contributed by atoms with Crippen molar-refractivity contribution >= 4 is 5.52 Å². The van der Waals surface area contributed by atoms with Crippen LogP contribution < -0.4 is 0 Å². The van der Waals surface area contributed by atoms with Crippen LogP contribution in [0, 0.1) is 12.7 Å². The molecule has 2 heterocycles. The van der Waals surface area contributed by atoms with E-state index in [0.29, 0.717) is 5.52 Å². The van der Waals surface area contributed by atoms with E-state index in [1.807, 2.05) is 29.5 Å². The zero-order valence-electron chi connectivity index (χ0n) is 7.84. The molecule has 0 unspecified atom stereocenters. The van der Waals surface area contributed by atoms with Crippen molar-refractivity contribution in [1.29, 1.82) is 0 Å². The second-order valence-corrected chi connectivity index (χ2v) is 3.22. The number of hydrogen-bond donors (Lipinski definition) is 0. The molecule has 68 valence electrons. The van der Waals surface area contributed by atoms with E-state index in [-0.39, 0.29) is 5.82 Å². The van der Waals surface area contributed by atoms with Gasteiger partial charge in [-0.25, -0.2) is 4.39 Å².